The highest BCUT2D eigenvalue weighted by molar-refractivity contribution is 7.80. The maximum absolute atomic E-state index is 14.2. The molecule has 3 rings (SSSR count). The van der Waals surface area contributed by atoms with Gasteiger partial charge in [-0.15, -0.1) is 0 Å². The van der Waals surface area contributed by atoms with Gasteiger partial charge < -0.3 is 75.7 Å². The summed E-state index contributed by atoms with van der Waals surface area (Å²) in [6.45, 7) is -0.608. The fraction of sp³-hybridized carbons (Fsp3) is 0.512. The third kappa shape index (κ3) is 20.2. The maximum atomic E-state index is 14.2. The third-order valence-corrected chi connectivity index (χ3v) is 10.8. The second-order valence-corrected chi connectivity index (χ2v) is 16.2. The first-order chi connectivity index (χ1) is 32.0. The number of guanidine groups is 1. The van der Waals surface area contributed by atoms with Crippen molar-refractivity contribution in [2.75, 3.05) is 38.5 Å². The van der Waals surface area contributed by atoms with Crippen molar-refractivity contribution >= 4 is 65.8 Å². The Kier molecular flexibility index (Phi) is 23.7. The number of benzene rings is 2. The summed E-state index contributed by atoms with van der Waals surface area (Å²) < 4.78 is 0. The second kappa shape index (κ2) is 29.1. The van der Waals surface area contributed by atoms with Gasteiger partial charge in [0.05, 0.1) is 13.1 Å². The van der Waals surface area contributed by atoms with Crippen molar-refractivity contribution < 1.29 is 48.6 Å². The van der Waals surface area contributed by atoms with E-state index in [-0.39, 0.29) is 74.8 Å². The zero-order chi connectivity index (χ0) is 49.3. The van der Waals surface area contributed by atoms with Crippen LogP contribution < -0.4 is 65.5 Å². The largest absolute Gasteiger partial charge is 0.508 e. The summed E-state index contributed by atoms with van der Waals surface area (Å²) in [5.41, 5.74) is 23.3. The van der Waals surface area contributed by atoms with Crippen LogP contribution in [0, 0.1) is 0 Å². The predicted molar refractivity (Wildman–Crippen MR) is 251 cm³/mol. The number of hydrogen-bond donors (Lipinski definition) is 15. The van der Waals surface area contributed by atoms with Crippen molar-refractivity contribution in [2.24, 2.45) is 27.9 Å². The maximum Gasteiger partial charge on any atom is 0.244 e. The Balaban J connectivity index is 2.07. The van der Waals surface area contributed by atoms with Gasteiger partial charge in [0.2, 0.25) is 47.3 Å². The third-order valence-electron chi connectivity index (χ3n) is 10.5. The molecule has 0 spiro atoms. The number of nitrogens with two attached hydrogens (primary N) is 4. The van der Waals surface area contributed by atoms with Crippen LogP contribution >= 0.6 is 12.6 Å². The molecule has 6 atom stereocenters. The summed E-state index contributed by atoms with van der Waals surface area (Å²) in [6, 6.07) is 3.74. The molecule has 2 aromatic rings. The molecule has 8 amide bonds. The zero-order valence-electron chi connectivity index (χ0n) is 37.3. The van der Waals surface area contributed by atoms with E-state index < -0.39 is 96.6 Å². The monoisotopic (exact) mass is 955 g/mol. The molecule has 0 unspecified atom stereocenters. The first-order valence-corrected chi connectivity index (χ1v) is 22.6. The van der Waals surface area contributed by atoms with Gasteiger partial charge in [0.15, 0.2) is 5.96 Å². The molecule has 0 bridgehead atoms. The lowest BCUT2D eigenvalue weighted by Crippen LogP contribution is -2.60. The normalized spacial score (nSPS) is 22.0. The lowest BCUT2D eigenvalue weighted by molar-refractivity contribution is -0.135. The first-order valence-electron chi connectivity index (χ1n) is 22.0. The van der Waals surface area contributed by atoms with Crippen molar-refractivity contribution in [1.82, 2.24) is 42.5 Å². The van der Waals surface area contributed by atoms with Gasteiger partial charge in [0.25, 0.3) is 0 Å². The van der Waals surface area contributed by atoms with Crippen LogP contribution in [0.1, 0.15) is 62.5 Å². The van der Waals surface area contributed by atoms with E-state index in [1.807, 2.05) is 0 Å². The van der Waals surface area contributed by atoms with E-state index in [2.05, 4.69) is 60.2 Å². The minimum Gasteiger partial charge on any atom is -0.508 e. The first kappa shape index (κ1) is 54.7. The summed E-state index contributed by atoms with van der Waals surface area (Å²) in [5.74, 6) is -6.99. The molecule has 0 radical (unpaired) electrons. The van der Waals surface area contributed by atoms with E-state index >= 15 is 0 Å². The van der Waals surface area contributed by atoms with E-state index in [0.717, 1.165) is 0 Å². The number of carbonyl (C=O) groups excluding carboxylic acids is 8. The summed E-state index contributed by atoms with van der Waals surface area (Å²) in [7, 11) is 0. The number of aliphatic imine (C=N–C) groups is 1. The van der Waals surface area contributed by atoms with Gasteiger partial charge in [0.1, 0.15) is 47.8 Å². The van der Waals surface area contributed by atoms with E-state index in [0.29, 0.717) is 43.4 Å². The van der Waals surface area contributed by atoms with Gasteiger partial charge in [-0.05, 0) is 99.8 Å². The van der Waals surface area contributed by atoms with Gasteiger partial charge >= 0.3 is 0 Å². The smallest absolute Gasteiger partial charge is 0.244 e. The fourth-order valence-corrected chi connectivity index (χ4v) is 7.06. The number of aromatic hydroxyl groups is 2. The lowest BCUT2D eigenvalue weighted by atomic mass is 10.0. The Morgan fingerprint density at radius 1 is 0.507 bits per heavy atom. The van der Waals surface area contributed by atoms with Crippen LogP contribution in [-0.2, 0) is 51.2 Å². The van der Waals surface area contributed by atoms with Gasteiger partial charge in [0, 0.05) is 25.1 Å². The molecule has 2 aromatic carbocycles. The van der Waals surface area contributed by atoms with Crippen LogP contribution in [-0.4, -0.2) is 138 Å². The number of carbonyl (C=O) groups is 8. The SMILES string of the molecule is NCCCC[C@@H]1NC(=O)CNC(=O)[C@H](Cc2ccc(O)cc2)NC(=O)[C@H](Cc2ccc(O)cc2)NC(=O)[C@H](CS)NC(=O)[C@H](CCCCN)NC(=O)[C@H](CCCN=C(N)N)NC(=O)CNC1=O. The zero-order valence-corrected chi connectivity index (χ0v) is 38.2. The number of phenols is 2. The predicted octanol–water partition coefficient (Wildman–Crippen LogP) is -3.72. The molecule has 1 aliphatic rings. The number of amides is 8. The molecule has 23 nitrogen and oxygen atoms in total. The Bertz CT molecular complexity index is 2000. The Hall–Kier alpha value is -6.66. The Morgan fingerprint density at radius 2 is 0.866 bits per heavy atom. The summed E-state index contributed by atoms with van der Waals surface area (Å²) in [6.07, 6.45) is 1.81. The van der Waals surface area contributed by atoms with Crippen LogP contribution in [0.15, 0.2) is 53.5 Å². The van der Waals surface area contributed by atoms with Gasteiger partial charge in [-0.1, -0.05) is 24.3 Å². The number of phenolic OH excluding ortho intramolecular Hbond substituents is 2. The minimum absolute atomic E-state index is 0.00905. The molecule has 1 aliphatic heterocycles. The highest BCUT2D eigenvalue weighted by Gasteiger charge is 2.33. The average Bonchev–Trinajstić information content (AvgIpc) is 3.29. The molecule has 18 N–H and O–H groups in total. The number of thiol groups is 1. The summed E-state index contributed by atoms with van der Waals surface area (Å²) in [4.78, 5) is 114. The number of rotatable bonds is 17. The van der Waals surface area contributed by atoms with E-state index in [4.69, 9.17) is 22.9 Å². The van der Waals surface area contributed by atoms with Crippen molar-refractivity contribution in [1.29, 1.82) is 0 Å². The Labute approximate surface area is 393 Å². The molecule has 0 aliphatic carbocycles. The number of nitrogens with zero attached hydrogens (tertiary/aromatic N) is 1. The molecule has 1 heterocycles. The quantitative estimate of drug-likeness (QED) is 0.0314. The molecular formula is C43H65N13O10S. The van der Waals surface area contributed by atoms with Gasteiger partial charge in [-0.25, -0.2) is 0 Å². The molecule has 1 fully saturated rings. The van der Waals surface area contributed by atoms with Crippen molar-refractivity contribution in [3.63, 3.8) is 0 Å². The highest BCUT2D eigenvalue weighted by atomic mass is 32.1. The van der Waals surface area contributed by atoms with Crippen LogP contribution in [0.2, 0.25) is 0 Å². The molecule has 67 heavy (non-hydrogen) atoms. The van der Waals surface area contributed by atoms with Crippen LogP contribution in [0.5, 0.6) is 11.5 Å². The average molecular weight is 956 g/mol. The molecular weight excluding hydrogens is 891 g/mol. The van der Waals surface area contributed by atoms with Gasteiger partial charge in [-0.3, -0.25) is 43.3 Å². The summed E-state index contributed by atoms with van der Waals surface area (Å²) >= 11 is 4.30. The number of nitrogens with one attached hydrogen (secondary N) is 8. The van der Waals surface area contributed by atoms with E-state index in [9.17, 15) is 48.6 Å². The van der Waals surface area contributed by atoms with Crippen molar-refractivity contribution in [3.05, 3.63) is 59.7 Å². The Morgan fingerprint density at radius 3 is 1.31 bits per heavy atom. The summed E-state index contributed by atoms with van der Waals surface area (Å²) in [5, 5.41) is 40.4. The van der Waals surface area contributed by atoms with Crippen molar-refractivity contribution in [2.45, 2.75) is 100 Å². The molecule has 24 heteroatoms. The van der Waals surface area contributed by atoms with E-state index in [1.165, 1.54) is 48.5 Å². The lowest BCUT2D eigenvalue weighted by Gasteiger charge is -2.27. The minimum atomic E-state index is -1.41. The molecule has 0 saturated carbocycles. The van der Waals surface area contributed by atoms with Crippen molar-refractivity contribution in [3.8, 4) is 11.5 Å². The number of unbranched alkanes of at least 4 members (excludes halogenated alkanes) is 2. The standard InChI is InChI=1S/C43H65N13O10S/c44-17-3-1-6-29-37(61)49-22-36(60)52-30(8-5-19-48-43(46)47)39(63)53-31(7-2-4-18-45)40(64)56-34(24-67)42(66)55-33(21-26-11-15-28(58)16-12-26)41(65)54-32(38(62)50-23-35(59)51-29)20-25-9-13-27(57)14-10-25/h9-16,29-34,57-58,67H,1-8,17-24,44-45H2,(H,49,61)(H,50,62)(H,51,59)(H,52,60)(H,53,63)(H,54,65)(H,55,66)(H,56,64)(H4,46,47,48)/t29-,30-,31-,32-,33-,34-/m0/s1. The molecule has 1 saturated heterocycles. The number of hydrogen-bond acceptors (Lipinski definition) is 14. The molecule has 0 aromatic heterocycles. The topological polar surface area (TPSA) is 390 Å². The van der Waals surface area contributed by atoms with Crippen LogP contribution in [0.3, 0.4) is 0 Å². The molecule has 368 valence electrons. The van der Waals surface area contributed by atoms with Crippen LogP contribution in [0.25, 0.3) is 0 Å². The van der Waals surface area contributed by atoms with E-state index in [1.54, 1.807) is 0 Å². The highest BCUT2D eigenvalue weighted by Crippen LogP contribution is 2.15. The fourth-order valence-electron chi connectivity index (χ4n) is 6.80. The van der Waals surface area contributed by atoms with Crippen LogP contribution in [0.4, 0.5) is 0 Å². The second-order valence-electron chi connectivity index (χ2n) is 15.9. The van der Waals surface area contributed by atoms with Gasteiger partial charge in [-0.2, -0.15) is 12.6 Å².